The molecule has 0 spiro atoms. The average Bonchev–Trinajstić information content (AvgIpc) is 2.61. The number of carbonyl (C=O) groups is 3. The van der Waals surface area contributed by atoms with E-state index in [4.69, 9.17) is 0 Å². The average molecular weight is 331 g/mol. The highest BCUT2D eigenvalue weighted by molar-refractivity contribution is 6.38. The highest BCUT2D eigenvalue weighted by Crippen LogP contribution is 2.13. The van der Waals surface area contributed by atoms with Crippen LogP contribution < -0.4 is 0 Å². The van der Waals surface area contributed by atoms with Gasteiger partial charge in [-0.15, -0.1) is 0 Å². The molecule has 1 saturated heterocycles. The molecule has 6 nitrogen and oxygen atoms in total. The van der Waals surface area contributed by atoms with Crippen molar-refractivity contribution in [3.05, 3.63) is 35.9 Å². The highest BCUT2D eigenvalue weighted by Gasteiger charge is 2.37. The summed E-state index contributed by atoms with van der Waals surface area (Å²) in [4.78, 5) is 41.3. The van der Waals surface area contributed by atoms with E-state index in [0.29, 0.717) is 26.2 Å². The number of hydrogen-bond acceptors (Lipinski definition) is 3. The molecule has 0 unspecified atom stereocenters. The van der Waals surface area contributed by atoms with Crippen LogP contribution in [0.3, 0.4) is 0 Å². The predicted molar refractivity (Wildman–Crippen MR) is 91.1 cm³/mol. The standard InChI is InChI=1S/C18H25N3O3/c1-3-5-11-20(14-15-9-7-6-8-10-15)18(24)21-13-12-19(4-2)16(22)17(21)23/h6-10H,3-5,11-14H2,1-2H3. The van der Waals surface area contributed by atoms with E-state index in [-0.39, 0.29) is 12.6 Å². The van der Waals surface area contributed by atoms with Crippen molar-refractivity contribution in [2.75, 3.05) is 26.2 Å². The van der Waals surface area contributed by atoms with Crippen molar-refractivity contribution in [1.29, 1.82) is 0 Å². The van der Waals surface area contributed by atoms with Crippen molar-refractivity contribution in [1.82, 2.24) is 14.7 Å². The summed E-state index contributed by atoms with van der Waals surface area (Å²) in [5, 5.41) is 0. The minimum Gasteiger partial charge on any atom is -0.333 e. The van der Waals surface area contributed by atoms with Crippen molar-refractivity contribution in [2.24, 2.45) is 0 Å². The number of hydrogen-bond donors (Lipinski definition) is 0. The molecule has 1 heterocycles. The maximum absolute atomic E-state index is 12.8. The van der Waals surface area contributed by atoms with Crippen LogP contribution in [0.5, 0.6) is 0 Å². The minimum atomic E-state index is -0.720. The molecule has 0 aromatic heterocycles. The number of amides is 4. The normalized spacial score (nSPS) is 14.9. The third-order valence-corrected chi connectivity index (χ3v) is 4.19. The number of carbonyl (C=O) groups excluding carboxylic acids is 3. The summed E-state index contributed by atoms with van der Waals surface area (Å²) in [7, 11) is 0. The number of imide groups is 1. The number of urea groups is 1. The molecule has 6 heteroatoms. The summed E-state index contributed by atoms with van der Waals surface area (Å²) in [5.74, 6) is -1.31. The molecule has 0 bridgehead atoms. The first-order valence-corrected chi connectivity index (χ1v) is 8.52. The number of rotatable bonds is 6. The quantitative estimate of drug-likeness (QED) is 0.750. The molecule has 0 radical (unpaired) electrons. The van der Waals surface area contributed by atoms with Gasteiger partial charge in [0.1, 0.15) is 0 Å². The Labute approximate surface area is 143 Å². The summed E-state index contributed by atoms with van der Waals surface area (Å²) in [6.07, 6.45) is 1.81. The Balaban J connectivity index is 2.12. The number of likely N-dealkylation sites (N-methyl/N-ethyl adjacent to an activating group) is 1. The van der Waals surface area contributed by atoms with E-state index < -0.39 is 11.8 Å². The Morgan fingerprint density at radius 3 is 2.42 bits per heavy atom. The van der Waals surface area contributed by atoms with Crippen LogP contribution in [-0.2, 0) is 16.1 Å². The second kappa shape index (κ2) is 8.47. The number of nitrogens with zero attached hydrogens (tertiary/aromatic N) is 3. The number of piperazine rings is 1. The van der Waals surface area contributed by atoms with Crippen molar-refractivity contribution in [3.63, 3.8) is 0 Å². The summed E-state index contributed by atoms with van der Waals surface area (Å²) in [6.45, 7) is 6.03. The maximum Gasteiger partial charge on any atom is 0.327 e. The molecule has 24 heavy (non-hydrogen) atoms. The molecule has 1 aromatic rings. The van der Waals surface area contributed by atoms with E-state index in [2.05, 4.69) is 6.92 Å². The van der Waals surface area contributed by atoms with E-state index in [9.17, 15) is 14.4 Å². The van der Waals surface area contributed by atoms with Gasteiger partial charge in [0.2, 0.25) is 0 Å². The molecule has 1 aliphatic rings. The smallest absolute Gasteiger partial charge is 0.327 e. The van der Waals surface area contributed by atoms with Crippen LogP contribution in [0, 0.1) is 0 Å². The Kier molecular flexibility index (Phi) is 6.35. The van der Waals surface area contributed by atoms with Crippen LogP contribution in [0.15, 0.2) is 30.3 Å². The highest BCUT2D eigenvalue weighted by atomic mass is 16.2. The molecule has 130 valence electrons. The predicted octanol–water partition coefficient (Wildman–Crippen LogP) is 2.10. The van der Waals surface area contributed by atoms with Gasteiger partial charge in [0.25, 0.3) is 0 Å². The Morgan fingerprint density at radius 2 is 1.79 bits per heavy atom. The molecule has 1 fully saturated rings. The molecule has 2 rings (SSSR count). The Morgan fingerprint density at radius 1 is 1.08 bits per heavy atom. The van der Waals surface area contributed by atoms with Crippen molar-refractivity contribution < 1.29 is 14.4 Å². The summed E-state index contributed by atoms with van der Waals surface area (Å²) >= 11 is 0. The van der Waals surface area contributed by atoms with Gasteiger partial charge in [-0.25, -0.2) is 4.79 Å². The van der Waals surface area contributed by atoms with Crippen molar-refractivity contribution in [2.45, 2.75) is 33.2 Å². The van der Waals surface area contributed by atoms with E-state index in [1.807, 2.05) is 37.3 Å². The van der Waals surface area contributed by atoms with Gasteiger partial charge in [0.05, 0.1) is 0 Å². The maximum atomic E-state index is 12.8. The lowest BCUT2D eigenvalue weighted by Crippen LogP contribution is -2.58. The fourth-order valence-corrected chi connectivity index (χ4v) is 2.72. The van der Waals surface area contributed by atoms with Crippen LogP contribution in [0.25, 0.3) is 0 Å². The fraction of sp³-hybridized carbons (Fsp3) is 0.500. The molecular formula is C18H25N3O3. The molecule has 0 N–H and O–H groups in total. The Bertz CT molecular complexity index is 588. The lowest BCUT2D eigenvalue weighted by molar-refractivity contribution is -0.153. The van der Waals surface area contributed by atoms with Crippen LogP contribution >= 0.6 is 0 Å². The summed E-state index contributed by atoms with van der Waals surface area (Å²) < 4.78 is 0. The lowest BCUT2D eigenvalue weighted by atomic mass is 10.2. The second-order valence-electron chi connectivity index (χ2n) is 5.88. The first kappa shape index (κ1) is 18.0. The van der Waals surface area contributed by atoms with Gasteiger partial charge in [-0.05, 0) is 18.9 Å². The molecule has 1 aliphatic heterocycles. The Hall–Kier alpha value is -2.37. The van der Waals surface area contributed by atoms with E-state index in [1.165, 1.54) is 4.90 Å². The molecule has 0 atom stereocenters. The van der Waals surface area contributed by atoms with Gasteiger partial charge < -0.3 is 9.80 Å². The van der Waals surface area contributed by atoms with Crippen LogP contribution in [-0.4, -0.2) is 58.7 Å². The first-order chi connectivity index (χ1) is 11.6. The van der Waals surface area contributed by atoms with Gasteiger partial charge in [-0.1, -0.05) is 43.7 Å². The lowest BCUT2D eigenvalue weighted by Gasteiger charge is -2.35. The second-order valence-corrected chi connectivity index (χ2v) is 5.88. The topological polar surface area (TPSA) is 60.9 Å². The first-order valence-electron chi connectivity index (χ1n) is 8.52. The van der Waals surface area contributed by atoms with Crippen LogP contribution in [0.4, 0.5) is 4.79 Å². The van der Waals surface area contributed by atoms with Gasteiger partial charge in [0, 0.05) is 32.7 Å². The van der Waals surface area contributed by atoms with Gasteiger partial charge in [-0.3, -0.25) is 14.5 Å². The van der Waals surface area contributed by atoms with E-state index in [0.717, 1.165) is 23.3 Å². The molecule has 1 aromatic carbocycles. The third kappa shape index (κ3) is 4.13. The molecule has 4 amide bonds. The third-order valence-electron chi connectivity index (χ3n) is 4.19. The number of unbranched alkanes of at least 4 members (excludes halogenated alkanes) is 1. The zero-order valence-corrected chi connectivity index (χ0v) is 14.4. The van der Waals surface area contributed by atoms with E-state index in [1.54, 1.807) is 4.90 Å². The summed E-state index contributed by atoms with van der Waals surface area (Å²) in [6, 6.07) is 9.30. The number of benzene rings is 1. The summed E-state index contributed by atoms with van der Waals surface area (Å²) in [5.41, 5.74) is 1.01. The van der Waals surface area contributed by atoms with Gasteiger partial charge in [0.15, 0.2) is 0 Å². The van der Waals surface area contributed by atoms with Gasteiger partial charge >= 0.3 is 17.8 Å². The zero-order valence-electron chi connectivity index (χ0n) is 14.4. The van der Waals surface area contributed by atoms with Crippen molar-refractivity contribution in [3.8, 4) is 0 Å². The fourth-order valence-electron chi connectivity index (χ4n) is 2.72. The van der Waals surface area contributed by atoms with Crippen LogP contribution in [0.1, 0.15) is 32.3 Å². The van der Waals surface area contributed by atoms with Crippen molar-refractivity contribution >= 4 is 17.8 Å². The van der Waals surface area contributed by atoms with E-state index >= 15 is 0 Å². The zero-order chi connectivity index (χ0) is 17.5. The molecule has 0 aliphatic carbocycles. The van der Waals surface area contributed by atoms with Crippen LogP contribution in [0.2, 0.25) is 0 Å². The monoisotopic (exact) mass is 331 g/mol. The largest absolute Gasteiger partial charge is 0.333 e. The molecular weight excluding hydrogens is 306 g/mol. The van der Waals surface area contributed by atoms with Gasteiger partial charge in [-0.2, -0.15) is 0 Å². The minimum absolute atomic E-state index is 0.259. The molecule has 0 saturated carbocycles. The SMILES string of the molecule is CCCCN(Cc1ccccc1)C(=O)N1CCN(CC)C(=O)C1=O.